The average Bonchev–Trinajstić information content (AvgIpc) is 2.11. The fourth-order valence-corrected chi connectivity index (χ4v) is 8.10. The van der Waals surface area contributed by atoms with E-state index in [1.165, 1.54) is 0 Å². The van der Waals surface area contributed by atoms with Gasteiger partial charge in [0.2, 0.25) is 0 Å². The van der Waals surface area contributed by atoms with Gasteiger partial charge in [-0.05, 0) is 16.6 Å². The Morgan fingerprint density at radius 2 is 1.12 bits per heavy atom. The van der Waals surface area contributed by atoms with Crippen molar-refractivity contribution in [2.45, 2.75) is 72.0 Å². The van der Waals surface area contributed by atoms with Crippen LogP contribution in [0.3, 0.4) is 0 Å². The van der Waals surface area contributed by atoms with E-state index in [2.05, 4.69) is 62.0 Å². The second-order valence-corrected chi connectivity index (χ2v) is 11.4. The maximum atomic E-state index is 6.43. The van der Waals surface area contributed by atoms with Gasteiger partial charge in [0.15, 0.2) is 0 Å². The summed E-state index contributed by atoms with van der Waals surface area (Å²) in [5.41, 5.74) is 1.88. The summed E-state index contributed by atoms with van der Waals surface area (Å²) >= 11 is 0. The Balaban J connectivity index is 5.13. The van der Waals surface area contributed by atoms with E-state index in [1.807, 2.05) is 0 Å². The van der Waals surface area contributed by atoms with Gasteiger partial charge >= 0.3 is 0 Å². The summed E-state index contributed by atoms with van der Waals surface area (Å²) in [4.78, 5) is 0. The Morgan fingerprint density at radius 1 is 0.812 bits per heavy atom. The molecule has 0 N–H and O–H groups in total. The van der Waals surface area contributed by atoms with Gasteiger partial charge in [-0.3, -0.25) is 0 Å². The van der Waals surface area contributed by atoms with Crippen LogP contribution in [0.25, 0.3) is 0 Å². The van der Waals surface area contributed by atoms with Crippen molar-refractivity contribution in [1.29, 1.82) is 0 Å². The molecule has 0 aromatic heterocycles. The highest BCUT2D eigenvalue weighted by atomic mass is 28.4. The Morgan fingerprint density at radius 3 is 1.31 bits per heavy atom. The SMILES string of the molecule is C=C(O[Si](C(C)C)(C(C)C)C(C)C)C(C)C. The quantitative estimate of drug-likeness (QED) is 0.451. The van der Waals surface area contributed by atoms with Gasteiger partial charge in [0, 0.05) is 5.92 Å². The van der Waals surface area contributed by atoms with E-state index in [-0.39, 0.29) is 0 Å². The third kappa shape index (κ3) is 3.13. The van der Waals surface area contributed by atoms with Crippen LogP contribution in [0.4, 0.5) is 0 Å². The summed E-state index contributed by atoms with van der Waals surface area (Å²) in [6.07, 6.45) is 0. The van der Waals surface area contributed by atoms with Gasteiger partial charge < -0.3 is 4.43 Å². The van der Waals surface area contributed by atoms with E-state index < -0.39 is 8.32 Å². The maximum Gasteiger partial charge on any atom is 0.258 e. The lowest BCUT2D eigenvalue weighted by Crippen LogP contribution is -2.47. The summed E-state index contributed by atoms with van der Waals surface area (Å²) < 4.78 is 6.43. The molecule has 0 aliphatic rings. The monoisotopic (exact) mass is 242 g/mol. The van der Waals surface area contributed by atoms with Crippen LogP contribution in [0.5, 0.6) is 0 Å². The van der Waals surface area contributed by atoms with Crippen molar-refractivity contribution in [3.8, 4) is 0 Å². The van der Waals surface area contributed by atoms with Crippen LogP contribution in [-0.4, -0.2) is 8.32 Å². The minimum absolute atomic E-state index is 0.420. The van der Waals surface area contributed by atoms with E-state index in [0.717, 1.165) is 5.76 Å². The lowest BCUT2D eigenvalue weighted by molar-refractivity contribution is 0.329. The van der Waals surface area contributed by atoms with Crippen LogP contribution < -0.4 is 0 Å². The smallest absolute Gasteiger partial charge is 0.258 e. The van der Waals surface area contributed by atoms with E-state index in [1.54, 1.807) is 0 Å². The van der Waals surface area contributed by atoms with Gasteiger partial charge in [0.05, 0.1) is 5.76 Å². The molecule has 96 valence electrons. The number of hydrogen-bond acceptors (Lipinski definition) is 1. The van der Waals surface area contributed by atoms with Gasteiger partial charge in [-0.15, -0.1) is 0 Å². The molecule has 0 aromatic rings. The largest absolute Gasteiger partial charge is 0.546 e. The molecule has 0 amide bonds. The van der Waals surface area contributed by atoms with Crippen molar-refractivity contribution in [1.82, 2.24) is 0 Å². The molecule has 0 atom stereocenters. The van der Waals surface area contributed by atoms with Gasteiger partial charge in [-0.1, -0.05) is 62.0 Å². The average molecular weight is 242 g/mol. The normalized spacial score (nSPS) is 13.0. The zero-order chi connectivity index (χ0) is 13.1. The van der Waals surface area contributed by atoms with Crippen molar-refractivity contribution in [2.75, 3.05) is 0 Å². The van der Waals surface area contributed by atoms with E-state index in [4.69, 9.17) is 4.43 Å². The lowest BCUT2D eigenvalue weighted by atomic mass is 10.2. The second-order valence-electron chi connectivity index (χ2n) is 6.04. The van der Waals surface area contributed by atoms with Crippen LogP contribution in [0.1, 0.15) is 55.4 Å². The zero-order valence-corrected chi connectivity index (χ0v) is 13.4. The molecule has 0 bridgehead atoms. The number of allylic oxidation sites excluding steroid dienone is 1. The molecule has 0 fully saturated rings. The first-order chi connectivity index (χ1) is 7.16. The molecule has 0 aliphatic heterocycles. The minimum atomic E-state index is -1.75. The first-order valence-electron chi connectivity index (χ1n) is 6.54. The molecule has 0 rings (SSSR count). The van der Waals surface area contributed by atoms with Crippen molar-refractivity contribution < 1.29 is 4.43 Å². The standard InChI is InChI=1S/C14H30OSi/c1-10(2)14(9)15-16(11(3)4,12(5)6)13(7)8/h10-13H,9H2,1-8H3. The van der Waals surface area contributed by atoms with Gasteiger partial charge in [0.25, 0.3) is 8.32 Å². The number of rotatable bonds is 6. The third-order valence-electron chi connectivity index (χ3n) is 3.66. The van der Waals surface area contributed by atoms with Gasteiger partial charge in [-0.25, -0.2) is 0 Å². The molecule has 16 heavy (non-hydrogen) atoms. The Kier molecular flexibility index (Phi) is 5.81. The molecule has 0 spiro atoms. The highest BCUT2D eigenvalue weighted by Gasteiger charge is 2.47. The fraction of sp³-hybridized carbons (Fsp3) is 0.857. The van der Waals surface area contributed by atoms with Crippen molar-refractivity contribution >= 4 is 8.32 Å². The molecule has 1 nitrogen and oxygen atoms in total. The van der Waals surface area contributed by atoms with Gasteiger partial charge in [-0.2, -0.15) is 0 Å². The lowest BCUT2D eigenvalue weighted by Gasteiger charge is -2.43. The second kappa shape index (κ2) is 5.90. The predicted molar refractivity (Wildman–Crippen MR) is 76.1 cm³/mol. The van der Waals surface area contributed by atoms with Crippen molar-refractivity contribution in [2.24, 2.45) is 5.92 Å². The summed E-state index contributed by atoms with van der Waals surface area (Å²) in [5.74, 6) is 1.39. The summed E-state index contributed by atoms with van der Waals surface area (Å²) in [5, 5.41) is 0. The first-order valence-corrected chi connectivity index (χ1v) is 8.68. The Hall–Kier alpha value is -0.243. The molecule has 0 radical (unpaired) electrons. The highest BCUT2D eigenvalue weighted by Crippen LogP contribution is 2.43. The van der Waals surface area contributed by atoms with Gasteiger partial charge in [0.1, 0.15) is 0 Å². The van der Waals surface area contributed by atoms with Crippen LogP contribution in [-0.2, 0) is 4.43 Å². The Labute approximate surface area is 103 Å². The number of hydrogen-bond donors (Lipinski definition) is 0. The topological polar surface area (TPSA) is 9.23 Å². The molecular formula is C14H30OSi. The molecule has 0 aromatic carbocycles. The van der Waals surface area contributed by atoms with E-state index >= 15 is 0 Å². The van der Waals surface area contributed by atoms with Crippen molar-refractivity contribution in [3.05, 3.63) is 12.3 Å². The Bertz CT molecular complexity index is 207. The van der Waals surface area contributed by atoms with Crippen LogP contribution in [0.2, 0.25) is 16.6 Å². The maximum absolute atomic E-state index is 6.43. The molecule has 0 unspecified atom stereocenters. The highest BCUT2D eigenvalue weighted by molar-refractivity contribution is 6.77. The molecular weight excluding hydrogens is 212 g/mol. The molecule has 0 aliphatic carbocycles. The van der Waals surface area contributed by atoms with Crippen molar-refractivity contribution in [3.63, 3.8) is 0 Å². The molecule has 0 saturated carbocycles. The van der Waals surface area contributed by atoms with Crippen LogP contribution in [0, 0.1) is 5.92 Å². The van der Waals surface area contributed by atoms with E-state index in [0.29, 0.717) is 22.5 Å². The van der Waals surface area contributed by atoms with Crippen LogP contribution >= 0.6 is 0 Å². The molecule has 0 heterocycles. The summed E-state index contributed by atoms with van der Waals surface area (Å²) in [6, 6.07) is 0. The van der Waals surface area contributed by atoms with Crippen LogP contribution in [0.15, 0.2) is 12.3 Å². The third-order valence-corrected chi connectivity index (χ3v) is 9.69. The first kappa shape index (κ1) is 15.8. The minimum Gasteiger partial charge on any atom is -0.546 e. The zero-order valence-electron chi connectivity index (χ0n) is 12.4. The summed E-state index contributed by atoms with van der Waals surface area (Å²) in [7, 11) is -1.75. The summed E-state index contributed by atoms with van der Waals surface area (Å²) in [6.45, 7) is 22.2. The molecule has 2 heteroatoms. The molecule has 0 saturated heterocycles. The fourth-order valence-electron chi connectivity index (χ4n) is 2.70. The predicted octanol–water partition coefficient (Wildman–Crippen LogP) is 5.35. The van der Waals surface area contributed by atoms with E-state index in [9.17, 15) is 0 Å².